The molecule has 242 valence electrons. The van der Waals surface area contributed by atoms with E-state index in [1.54, 1.807) is 6.26 Å². The van der Waals surface area contributed by atoms with Gasteiger partial charge in [0.1, 0.15) is 18.0 Å². The standard InChI is InChI=1S/C36H37ClN6O4/c1-4-42-22-38-18-27(42)19-43-31-17-26(36(44)45-3)16-23(2)34(31)40-32(43)20-41-13-10-24(11-14-41)30-6-5-7-33(39-30)47-21-25-8-9-29(37)28-12-15-46-35(25)28/h5-9,12,15-18,22,24H,4,10-11,13-14,19-21H2,1-3H3. The van der Waals surface area contributed by atoms with Crippen LogP contribution >= 0.6 is 11.6 Å². The number of furan rings is 1. The lowest BCUT2D eigenvalue weighted by atomic mass is 9.93. The van der Waals surface area contributed by atoms with Crippen molar-refractivity contribution < 1.29 is 18.7 Å². The molecule has 47 heavy (non-hydrogen) atoms. The fourth-order valence-electron chi connectivity index (χ4n) is 6.58. The molecular formula is C36H37ClN6O4. The smallest absolute Gasteiger partial charge is 0.337 e. The Balaban J connectivity index is 1.06. The minimum atomic E-state index is -0.354. The second kappa shape index (κ2) is 13.2. The summed E-state index contributed by atoms with van der Waals surface area (Å²) in [6, 6.07) is 15.4. The van der Waals surface area contributed by atoms with Gasteiger partial charge in [-0.05, 0) is 75.7 Å². The van der Waals surface area contributed by atoms with Crippen LogP contribution in [0.25, 0.3) is 22.0 Å². The summed E-state index contributed by atoms with van der Waals surface area (Å²) in [6.45, 7) is 8.42. The number of benzene rings is 2. The molecule has 1 aliphatic rings. The van der Waals surface area contributed by atoms with Gasteiger partial charge in [0.05, 0.1) is 60.1 Å². The number of aryl methyl sites for hydroxylation is 2. The zero-order chi connectivity index (χ0) is 32.5. The number of halogens is 1. The van der Waals surface area contributed by atoms with Crippen LogP contribution in [0.4, 0.5) is 0 Å². The molecule has 1 saturated heterocycles. The van der Waals surface area contributed by atoms with Crippen molar-refractivity contribution in [3.8, 4) is 5.88 Å². The molecule has 0 amide bonds. The number of hydrogen-bond acceptors (Lipinski definition) is 8. The quantitative estimate of drug-likeness (QED) is 0.144. The summed E-state index contributed by atoms with van der Waals surface area (Å²) in [6.07, 6.45) is 7.36. The van der Waals surface area contributed by atoms with Crippen molar-refractivity contribution in [2.75, 3.05) is 20.2 Å². The second-order valence-corrected chi connectivity index (χ2v) is 12.5. The van der Waals surface area contributed by atoms with Gasteiger partial charge >= 0.3 is 5.97 Å². The molecule has 7 rings (SSSR count). The zero-order valence-corrected chi connectivity index (χ0v) is 27.5. The number of imidazole rings is 2. The Hall–Kier alpha value is -4.67. The first-order chi connectivity index (χ1) is 22.9. The topological polar surface area (TPSA) is 100 Å². The third kappa shape index (κ3) is 6.23. The van der Waals surface area contributed by atoms with Gasteiger partial charge in [0.25, 0.3) is 0 Å². The van der Waals surface area contributed by atoms with Gasteiger partial charge in [-0.15, -0.1) is 0 Å². The number of ether oxygens (including phenoxy) is 2. The van der Waals surface area contributed by atoms with Crippen LogP contribution in [0, 0.1) is 6.92 Å². The van der Waals surface area contributed by atoms with Gasteiger partial charge < -0.3 is 23.0 Å². The molecule has 0 aliphatic carbocycles. The monoisotopic (exact) mass is 652 g/mol. The average molecular weight is 653 g/mol. The maximum atomic E-state index is 12.5. The number of fused-ring (bicyclic) bond motifs is 2. The van der Waals surface area contributed by atoms with Crippen LogP contribution in [-0.4, -0.2) is 55.2 Å². The SMILES string of the molecule is CCn1cncc1Cn1c(CN2CCC(c3cccc(OCc4ccc(Cl)c5ccoc45)n3)CC2)nc2c(C)cc(C(=O)OC)cc21. The molecule has 2 aromatic carbocycles. The van der Waals surface area contributed by atoms with Crippen molar-refractivity contribution in [1.29, 1.82) is 0 Å². The van der Waals surface area contributed by atoms with Crippen molar-refractivity contribution in [3.05, 3.63) is 106 Å². The summed E-state index contributed by atoms with van der Waals surface area (Å²) in [5.74, 6) is 1.55. The predicted molar refractivity (Wildman–Crippen MR) is 180 cm³/mol. The van der Waals surface area contributed by atoms with Crippen LogP contribution in [0.5, 0.6) is 5.88 Å². The van der Waals surface area contributed by atoms with E-state index in [0.29, 0.717) is 42.1 Å². The molecule has 0 atom stereocenters. The lowest BCUT2D eigenvalue weighted by molar-refractivity contribution is 0.0600. The summed E-state index contributed by atoms with van der Waals surface area (Å²) in [4.78, 5) is 29.3. The summed E-state index contributed by atoms with van der Waals surface area (Å²) >= 11 is 6.30. The van der Waals surface area contributed by atoms with Gasteiger partial charge in [-0.3, -0.25) is 4.90 Å². The molecule has 0 N–H and O–H groups in total. The van der Waals surface area contributed by atoms with E-state index in [1.165, 1.54) is 7.11 Å². The summed E-state index contributed by atoms with van der Waals surface area (Å²) < 4.78 is 21.2. The normalized spacial score (nSPS) is 14.3. The highest BCUT2D eigenvalue weighted by Gasteiger charge is 2.25. The average Bonchev–Trinajstić information content (AvgIpc) is 3.85. The molecule has 1 fully saturated rings. The van der Waals surface area contributed by atoms with Gasteiger partial charge in [-0.25, -0.2) is 19.7 Å². The number of likely N-dealkylation sites (tertiary alicyclic amines) is 1. The third-order valence-corrected chi connectivity index (χ3v) is 9.47. The number of rotatable bonds is 10. The highest BCUT2D eigenvalue weighted by molar-refractivity contribution is 6.35. The number of piperidine rings is 1. The number of aromatic nitrogens is 5. The van der Waals surface area contributed by atoms with E-state index >= 15 is 0 Å². The molecule has 10 nitrogen and oxygen atoms in total. The predicted octanol–water partition coefficient (Wildman–Crippen LogP) is 7.15. The first-order valence-electron chi connectivity index (χ1n) is 16.0. The van der Waals surface area contributed by atoms with E-state index in [9.17, 15) is 4.79 Å². The highest BCUT2D eigenvalue weighted by atomic mass is 35.5. The Bertz CT molecular complexity index is 2060. The molecule has 0 spiro atoms. The molecule has 1 aliphatic heterocycles. The first-order valence-corrected chi connectivity index (χ1v) is 16.3. The minimum absolute atomic E-state index is 0.338. The molecule has 0 unspecified atom stereocenters. The maximum Gasteiger partial charge on any atom is 0.337 e. The van der Waals surface area contributed by atoms with Crippen LogP contribution < -0.4 is 4.74 Å². The van der Waals surface area contributed by atoms with E-state index < -0.39 is 0 Å². The Kier molecular flexibility index (Phi) is 8.70. The van der Waals surface area contributed by atoms with E-state index in [2.05, 4.69) is 32.0 Å². The van der Waals surface area contributed by atoms with Crippen molar-refractivity contribution >= 4 is 39.6 Å². The van der Waals surface area contributed by atoms with Crippen molar-refractivity contribution in [2.45, 2.75) is 58.8 Å². The van der Waals surface area contributed by atoms with Crippen molar-refractivity contribution in [2.24, 2.45) is 0 Å². The molecule has 0 radical (unpaired) electrons. The lowest BCUT2D eigenvalue weighted by Gasteiger charge is -2.31. The number of esters is 1. The Morgan fingerprint density at radius 1 is 1.09 bits per heavy atom. The van der Waals surface area contributed by atoms with E-state index in [-0.39, 0.29) is 5.97 Å². The number of pyridine rings is 1. The summed E-state index contributed by atoms with van der Waals surface area (Å²) in [5.41, 5.74) is 7.10. The number of nitrogens with zero attached hydrogens (tertiary/aromatic N) is 6. The van der Waals surface area contributed by atoms with Gasteiger partial charge in [-0.1, -0.05) is 23.7 Å². The van der Waals surface area contributed by atoms with Crippen molar-refractivity contribution in [1.82, 2.24) is 29.0 Å². The van der Waals surface area contributed by atoms with Crippen LogP contribution in [0.2, 0.25) is 5.02 Å². The van der Waals surface area contributed by atoms with Crippen LogP contribution in [0.1, 0.15) is 64.4 Å². The number of methoxy groups -OCH3 is 1. The van der Waals surface area contributed by atoms with E-state index in [0.717, 1.165) is 82.8 Å². The highest BCUT2D eigenvalue weighted by Crippen LogP contribution is 2.31. The Morgan fingerprint density at radius 3 is 2.74 bits per heavy atom. The fourth-order valence-corrected chi connectivity index (χ4v) is 6.79. The molecule has 4 aromatic heterocycles. The lowest BCUT2D eigenvalue weighted by Crippen LogP contribution is -2.33. The number of carbonyl (C=O) groups excluding carboxylic acids is 1. The van der Waals surface area contributed by atoms with Crippen LogP contribution in [0.3, 0.4) is 0 Å². The number of hydrogen-bond donors (Lipinski definition) is 0. The van der Waals surface area contributed by atoms with Gasteiger partial charge in [0, 0.05) is 41.4 Å². The van der Waals surface area contributed by atoms with Gasteiger partial charge in [0.15, 0.2) is 0 Å². The van der Waals surface area contributed by atoms with Crippen LogP contribution in [-0.2, 0) is 31.0 Å². The Labute approximate surface area is 277 Å². The zero-order valence-electron chi connectivity index (χ0n) is 26.8. The third-order valence-electron chi connectivity index (χ3n) is 9.14. The first kappa shape index (κ1) is 31.0. The molecule has 5 heterocycles. The molecular weight excluding hydrogens is 616 g/mol. The van der Waals surface area contributed by atoms with Crippen molar-refractivity contribution in [3.63, 3.8) is 0 Å². The van der Waals surface area contributed by atoms with E-state index in [1.807, 2.05) is 61.9 Å². The second-order valence-electron chi connectivity index (χ2n) is 12.0. The largest absolute Gasteiger partial charge is 0.473 e. The molecule has 11 heteroatoms. The maximum absolute atomic E-state index is 12.5. The van der Waals surface area contributed by atoms with Gasteiger partial charge in [-0.2, -0.15) is 0 Å². The molecule has 6 aromatic rings. The van der Waals surface area contributed by atoms with E-state index in [4.69, 9.17) is 35.5 Å². The van der Waals surface area contributed by atoms with Gasteiger partial charge in [0.2, 0.25) is 5.88 Å². The summed E-state index contributed by atoms with van der Waals surface area (Å²) in [5, 5.41) is 1.54. The Morgan fingerprint density at radius 2 is 1.94 bits per heavy atom. The molecule has 0 bridgehead atoms. The number of carbonyl (C=O) groups is 1. The fraction of sp³-hybridized carbons (Fsp3) is 0.333. The molecule has 0 saturated carbocycles. The summed E-state index contributed by atoms with van der Waals surface area (Å²) in [7, 11) is 1.41. The minimum Gasteiger partial charge on any atom is -0.473 e. The van der Waals surface area contributed by atoms with Crippen LogP contribution in [0.15, 0.2) is 71.7 Å².